The van der Waals surface area contributed by atoms with Crippen LogP contribution in [0, 0.1) is 5.92 Å². The van der Waals surface area contributed by atoms with Gasteiger partial charge in [-0.25, -0.2) is 0 Å². The summed E-state index contributed by atoms with van der Waals surface area (Å²) in [6.07, 6.45) is 2.92. The highest BCUT2D eigenvalue weighted by molar-refractivity contribution is 6.03. The topological polar surface area (TPSA) is 154 Å². The molecular formula is C38H47N5O5. The average molecular weight is 654 g/mol. The molecule has 4 amide bonds. The Bertz CT molecular complexity index is 1560. The lowest BCUT2D eigenvalue weighted by molar-refractivity contribution is -0.130. The minimum Gasteiger partial charge on any atom is -0.399 e. The van der Waals surface area contributed by atoms with Gasteiger partial charge in [0.2, 0.25) is 23.6 Å². The van der Waals surface area contributed by atoms with Crippen LogP contribution in [0.5, 0.6) is 0 Å². The predicted octanol–water partition coefficient (Wildman–Crippen LogP) is 5.05. The number of rotatable bonds is 17. The van der Waals surface area contributed by atoms with E-state index in [1.54, 1.807) is 29.2 Å². The molecular weight excluding hydrogens is 606 g/mol. The number of anilines is 3. The summed E-state index contributed by atoms with van der Waals surface area (Å²) in [7, 11) is 0. The average Bonchev–Trinajstić information content (AvgIpc) is 3.06. The summed E-state index contributed by atoms with van der Waals surface area (Å²) >= 11 is 0. The van der Waals surface area contributed by atoms with Crippen LogP contribution in [-0.2, 0) is 25.6 Å². The Morgan fingerprint density at radius 3 is 2.29 bits per heavy atom. The predicted molar refractivity (Wildman–Crippen MR) is 189 cm³/mol. The number of carbonyl (C=O) groups excluding carboxylic acids is 4. The van der Waals surface area contributed by atoms with E-state index in [1.165, 1.54) is 6.92 Å². The number of hydrogen-bond donors (Lipinski definition) is 5. The summed E-state index contributed by atoms with van der Waals surface area (Å²) < 4.78 is 0. The van der Waals surface area contributed by atoms with Crippen molar-refractivity contribution in [1.82, 2.24) is 10.6 Å². The number of aliphatic hydroxyl groups is 1. The number of carbonyl (C=O) groups is 4. The Balaban J connectivity index is 1.21. The maximum absolute atomic E-state index is 13.3. The second-order valence-corrected chi connectivity index (χ2v) is 12.6. The van der Waals surface area contributed by atoms with Gasteiger partial charge in [0.05, 0.1) is 18.1 Å². The molecule has 4 rings (SSSR count). The van der Waals surface area contributed by atoms with Crippen LogP contribution in [0.4, 0.5) is 17.1 Å². The number of amides is 4. The molecule has 0 aromatic heterocycles. The number of unbranched alkanes of at least 4 members (excludes halogenated alkanes) is 1. The molecule has 3 aromatic rings. The highest BCUT2D eigenvalue weighted by Gasteiger charge is 2.47. The van der Waals surface area contributed by atoms with Crippen LogP contribution in [-0.4, -0.2) is 47.4 Å². The van der Waals surface area contributed by atoms with Gasteiger partial charge in [-0.2, -0.15) is 0 Å². The lowest BCUT2D eigenvalue weighted by Gasteiger charge is -2.48. The zero-order chi connectivity index (χ0) is 34.6. The summed E-state index contributed by atoms with van der Waals surface area (Å²) in [5, 5.41) is 19.1. The molecule has 4 atom stereocenters. The molecule has 0 bridgehead atoms. The van der Waals surface area contributed by atoms with Crippen LogP contribution >= 0.6 is 0 Å². The number of β-lactam (4-membered cyclic amide) rings is 1. The minimum atomic E-state index is -0.710. The normalized spacial score (nSPS) is 16.7. The smallest absolute Gasteiger partial charge is 0.242 e. The fourth-order valence-corrected chi connectivity index (χ4v) is 6.03. The van der Waals surface area contributed by atoms with Crippen molar-refractivity contribution in [2.75, 3.05) is 22.5 Å². The van der Waals surface area contributed by atoms with E-state index in [0.717, 1.165) is 22.4 Å². The maximum atomic E-state index is 13.3. The summed E-state index contributed by atoms with van der Waals surface area (Å²) in [5.41, 5.74) is 10.5. The van der Waals surface area contributed by atoms with Crippen molar-refractivity contribution in [2.45, 2.75) is 77.0 Å². The van der Waals surface area contributed by atoms with Crippen LogP contribution in [0.2, 0.25) is 0 Å². The Labute approximate surface area is 282 Å². The van der Waals surface area contributed by atoms with E-state index in [9.17, 15) is 24.3 Å². The van der Waals surface area contributed by atoms with Crippen molar-refractivity contribution in [3.8, 4) is 0 Å². The number of aliphatic hydroxyl groups excluding tert-OH is 1. The Hall–Kier alpha value is -4.96. The third-order valence-electron chi connectivity index (χ3n) is 8.52. The van der Waals surface area contributed by atoms with Gasteiger partial charge >= 0.3 is 0 Å². The van der Waals surface area contributed by atoms with Crippen LogP contribution in [0.1, 0.15) is 69.6 Å². The lowest BCUT2D eigenvalue weighted by atomic mass is 9.79. The quantitative estimate of drug-likeness (QED) is 0.0595. The Morgan fingerprint density at radius 1 is 0.958 bits per heavy atom. The fraction of sp³-hybridized carbons (Fsp3) is 0.368. The Morgan fingerprint density at radius 2 is 1.65 bits per heavy atom. The SMILES string of the molecule is C=C(C)CC1C(CCC(O)c2ccccc2)C(=O)N1c1ccc(NC(=O)CCCCNC(=O)C(Cc2ccc(N)cc2)NC(C)=O)cc1. The number of hydrogen-bond acceptors (Lipinski definition) is 6. The largest absolute Gasteiger partial charge is 0.399 e. The number of nitrogen functional groups attached to an aromatic ring is 1. The standard InChI is InChI=1S/C38H47N5O5/c1-25(2)23-34-32(20-21-35(45)28-9-5-4-6-10-28)38(48)43(34)31-18-16-30(17-19-31)42-36(46)11-7-8-22-40-37(47)33(41-26(3)44)24-27-12-14-29(39)15-13-27/h4-6,9-10,12-19,32-35,45H,1,7-8,11,20-24,39H2,2-3H3,(H,40,47)(H,41,44)(H,42,46). The van der Waals surface area contributed by atoms with Gasteiger partial charge in [0, 0.05) is 43.4 Å². The van der Waals surface area contributed by atoms with Gasteiger partial charge in [-0.05, 0) is 86.6 Å². The zero-order valence-corrected chi connectivity index (χ0v) is 27.8. The molecule has 1 saturated heterocycles. The van der Waals surface area contributed by atoms with E-state index in [1.807, 2.05) is 61.5 Å². The molecule has 6 N–H and O–H groups in total. The molecule has 0 spiro atoms. The number of nitrogens with zero attached hydrogens (tertiary/aromatic N) is 1. The molecule has 1 fully saturated rings. The van der Waals surface area contributed by atoms with Gasteiger partial charge < -0.3 is 31.7 Å². The first kappa shape index (κ1) is 35.9. The lowest BCUT2D eigenvalue weighted by Crippen LogP contribution is -2.61. The molecule has 10 heteroatoms. The second kappa shape index (κ2) is 17.3. The van der Waals surface area contributed by atoms with E-state index in [-0.39, 0.29) is 42.0 Å². The van der Waals surface area contributed by atoms with Crippen LogP contribution in [0.25, 0.3) is 0 Å². The fourth-order valence-electron chi connectivity index (χ4n) is 6.03. The minimum absolute atomic E-state index is 0.0269. The third-order valence-corrected chi connectivity index (χ3v) is 8.52. The zero-order valence-electron chi connectivity index (χ0n) is 27.8. The van der Waals surface area contributed by atoms with Gasteiger partial charge in [0.1, 0.15) is 6.04 Å². The van der Waals surface area contributed by atoms with Gasteiger partial charge in [0.15, 0.2) is 0 Å². The highest BCUT2D eigenvalue weighted by atomic mass is 16.3. The molecule has 1 aliphatic rings. The summed E-state index contributed by atoms with van der Waals surface area (Å²) in [6, 6.07) is 23.1. The molecule has 0 radical (unpaired) electrons. The summed E-state index contributed by atoms with van der Waals surface area (Å²) in [5.74, 6) is -0.888. The first-order valence-electron chi connectivity index (χ1n) is 16.5. The number of nitrogens with one attached hydrogen (secondary N) is 3. The first-order valence-corrected chi connectivity index (χ1v) is 16.5. The van der Waals surface area contributed by atoms with Crippen molar-refractivity contribution in [2.24, 2.45) is 5.92 Å². The van der Waals surface area contributed by atoms with Crippen molar-refractivity contribution in [3.05, 3.63) is 102 Å². The monoisotopic (exact) mass is 653 g/mol. The van der Waals surface area contributed by atoms with Crippen molar-refractivity contribution in [1.29, 1.82) is 0 Å². The van der Waals surface area contributed by atoms with Crippen molar-refractivity contribution < 1.29 is 24.3 Å². The van der Waals surface area contributed by atoms with Crippen LogP contribution in [0.3, 0.4) is 0 Å². The van der Waals surface area contributed by atoms with Gasteiger partial charge in [0.25, 0.3) is 0 Å². The molecule has 254 valence electrons. The van der Waals surface area contributed by atoms with E-state index in [0.29, 0.717) is 56.4 Å². The molecule has 48 heavy (non-hydrogen) atoms. The number of nitrogens with two attached hydrogens (primary N) is 1. The van der Waals surface area contributed by atoms with Gasteiger partial charge in [-0.3, -0.25) is 19.2 Å². The molecule has 3 aromatic carbocycles. The summed E-state index contributed by atoms with van der Waals surface area (Å²) in [6.45, 7) is 7.76. The summed E-state index contributed by atoms with van der Waals surface area (Å²) in [4.78, 5) is 52.0. The molecule has 10 nitrogen and oxygen atoms in total. The van der Waals surface area contributed by atoms with Crippen LogP contribution < -0.4 is 26.6 Å². The Kier molecular flexibility index (Phi) is 12.9. The second-order valence-electron chi connectivity index (χ2n) is 12.6. The van der Waals surface area contributed by atoms with Crippen LogP contribution in [0.15, 0.2) is 91.0 Å². The van der Waals surface area contributed by atoms with E-state index in [4.69, 9.17) is 5.73 Å². The number of benzene rings is 3. The van der Waals surface area contributed by atoms with Crippen molar-refractivity contribution in [3.63, 3.8) is 0 Å². The van der Waals surface area contributed by atoms with E-state index < -0.39 is 12.1 Å². The molecule has 0 saturated carbocycles. The van der Waals surface area contributed by atoms with E-state index >= 15 is 0 Å². The van der Waals surface area contributed by atoms with Crippen molar-refractivity contribution >= 4 is 40.7 Å². The molecule has 1 heterocycles. The first-order chi connectivity index (χ1) is 23.0. The maximum Gasteiger partial charge on any atom is 0.242 e. The van der Waals surface area contributed by atoms with Gasteiger partial charge in [-0.1, -0.05) is 48.0 Å². The molecule has 4 unspecified atom stereocenters. The third kappa shape index (κ3) is 10.3. The van der Waals surface area contributed by atoms with E-state index in [2.05, 4.69) is 22.5 Å². The highest BCUT2D eigenvalue weighted by Crippen LogP contribution is 2.40. The van der Waals surface area contributed by atoms with Gasteiger partial charge in [-0.15, -0.1) is 6.58 Å². The molecule has 0 aliphatic carbocycles. The molecule has 1 aliphatic heterocycles.